The molecule has 1 amide bonds. The van der Waals surface area contributed by atoms with Gasteiger partial charge in [-0.1, -0.05) is 30.3 Å². The van der Waals surface area contributed by atoms with Gasteiger partial charge in [-0.2, -0.15) is 0 Å². The van der Waals surface area contributed by atoms with Crippen molar-refractivity contribution < 1.29 is 14.3 Å². The van der Waals surface area contributed by atoms with Crippen molar-refractivity contribution in [1.29, 1.82) is 0 Å². The number of hydrogen-bond donors (Lipinski definition) is 1. The summed E-state index contributed by atoms with van der Waals surface area (Å²) in [6, 6.07) is 17.3. The number of ether oxygens (including phenoxy) is 1. The molecule has 0 fully saturated rings. The lowest BCUT2D eigenvalue weighted by molar-refractivity contribution is 0.0526. The molecule has 3 aromatic carbocycles. The molecule has 4 heteroatoms. The lowest BCUT2D eigenvalue weighted by Gasteiger charge is -2.09. The van der Waals surface area contributed by atoms with Gasteiger partial charge < -0.3 is 10.1 Å². The summed E-state index contributed by atoms with van der Waals surface area (Å²) >= 11 is 0. The van der Waals surface area contributed by atoms with Crippen LogP contribution in [0.4, 0.5) is 5.69 Å². The molecule has 1 heterocycles. The van der Waals surface area contributed by atoms with Crippen LogP contribution >= 0.6 is 0 Å². The molecule has 124 valence electrons. The average molecular weight is 331 g/mol. The van der Waals surface area contributed by atoms with Crippen LogP contribution in [-0.4, -0.2) is 18.5 Å². The zero-order valence-electron chi connectivity index (χ0n) is 13.8. The van der Waals surface area contributed by atoms with Crippen LogP contribution in [0.2, 0.25) is 0 Å². The summed E-state index contributed by atoms with van der Waals surface area (Å²) in [5.41, 5.74) is 4.41. The highest BCUT2D eigenvalue weighted by atomic mass is 16.5. The highest BCUT2D eigenvalue weighted by Gasteiger charge is 2.22. The summed E-state index contributed by atoms with van der Waals surface area (Å²) in [5.74, 6) is -0.347. The first-order valence-corrected chi connectivity index (χ1v) is 8.29. The Kier molecular flexibility index (Phi) is 3.73. The minimum atomic E-state index is -0.302. The fraction of sp³-hybridized carbons (Fsp3) is 0.143. The maximum absolute atomic E-state index is 12.0. The van der Waals surface area contributed by atoms with Crippen LogP contribution in [0.15, 0.2) is 54.6 Å². The first-order chi connectivity index (χ1) is 12.2. The van der Waals surface area contributed by atoms with E-state index < -0.39 is 0 Å². The highest BCUT2D eigenvalue weighted by Crippen LogP contribution is 2.35. The molecule has 0 atom stereocenters. The first-order valence-electron chi connectivity index (χ1n) is 8.29. The third-order valence-electron chi connectivity index (χ3n) is 4.48. The molecule has 1 aliphatic heterocycles. The summed E-state index contributed by atoms with van der Waals surface area (Å²) < 4.78 is 5.01. The van der Waals surface area contributed by atoms with E-state index in [9.17, 15) is 9.59 Å². The molecular formula is C21H17NO3. The molecule has 1 aliphatic rings. The minimum Gasteiger partial charge on any atom is -0.462 e. The molecule has 0 radical (unpaired) electrons. The van der Waals surface area contributed by atoms with Crippen molar-refractivity contribution in [2.45, 2.75) is 13.3 Å². The van der Waals surface area contributed by atoms with Crippen molar-refractivity contribution in [3.05, 3.63) is 76.9 Å². The van der Waals surface area contributed by atoms with Gasteiger partial charge in [0.05, 0.1) is 12.2 Å². The average Bonchev–Trinajstić information content (AvgIpc) is 2.95. The number of amides is 1. The highest BCUT2D eigenvalue weighted by molar-refractivity contribution is 6.24. The van der Waals surface area contributed by atoms with E-state index in [1.165, 1.54) is 0 Å². The van der Waals surface area contributed by atoms with Gasteiger partial charge in [-0.05, 0) is 54.1 Å². The fourth-order valence-electron chi connectivity index (χ4n) is 3.30. The zero-order chi connectivity index (χ0) is 17.4. The van der Waals surface area contributed by atoms with Gasteiger partial charge in [0.2, 0.25) is 0 Å². The van der Waals surface area contributed by atoms with E-state index >= 15 is 0 Å². The maximum atomic E-state index is 12.0. The fourth-order valence-corrected chi connectivity index (χ4v) is 3.30. The molecule has 0 unspecified atom stereocenters. The van der Waals surface area contributed by atoms with Crippen LogP contribution in [0.25, 0.3) is 10.8 Å². The van der Waals surface area contributed by atoms with Gasteiger partial charge >= 0.3 is 5.97 Å². The number of anilines is 1. The van der Waals surface area contributed by atoms with Gasteiger partial charge in [-0.3, -0.25) is 4.79 Å². The SMILES string of the molecule is CCOC(=O)c1ccc(Cc2ccc3c4c(cccc24)NC3=O)cc1. The van der Waals surface area contributed by atoms with Crippen LogP contribution in [0.1, 0.15) is 38.8 Å². The van der Waals surface area contributed by atoms with E-state index in [0.29, 0.717) is 12.2 Å². The van der Waals surface area contributed by atoms with Gasteiger partial charge in [-0.25, -0.2) is 4.79 Å². The Morgan fingerprint density at radius 1 is 1.04 bits per heavy atom. The monoisotopic (exact) mass is 331 g/mol. The zero-order valence-corrected chi connectivity index (χ0v) is 13.8. The number of benzene rings is 3. The molecule has 1 N–H and O–H groups in total. The molecule has 25 heavy (non-hydrogen) atoms. The predicted octanol–water partition coefficient (Wildman–Crippen LogP) is 4.17. The Hall–Kier alpha value is -3.14. The van der Waals surface area contributed by atoms with Crippen LogP contribution in [0.5, 0.6) is 0 Å². The van der Waals surface area contributed by atoms with Crippen molar-refractivity contribution in [3.63, 3.8) is 0 Å². The number of nitrogens with one attached hydrogen (secondary N) is 1. The second kappa shape index (κ2) is 6.06. The molecular weight excluding hydrogens is 314 g/mol. The predicted molar refractivity (Wildman–Crippen MR) is 97.1 cm³/mol. The van der Waals surface area contributed by atoms with Crippen molar-refractivity contribution >= 4 is 28.3 Å². The Labute approximate surface area is 145 Å². The Bertz CT molecular complexity index is 990. The standard InChI is InChI=1S/C21H17NO3/c1-2-25-21(24)14-8-6-13(7-9-14)12-15-10-11-17-19-16(15)4-3-5-18(19)22-20(17)23/h3-11H,2,12H2,1H3,(H,22,23). The second-order valence-electron chi connectivity index (χ2n) is 6.05. The van der Waals surface area contributed by atoms with Crippen molar-refractivity contribution in [3.8, 4) is 0 Å². The van der Waals surface area contributed by atoms with Crippen LogP contribution in [-0.2, 0) is 11.2 Å². The van der Waals surface area contributed by atoms with Crippen molar-refractivity contribution in [2.24, 2.45) is 0 Å². The van der Waals surface area contributed by atoms with Gasteiger partial charge in [0.15, 0.2) is 0 Å². The van der Waals surface area contributed by atoms with E-state index in [2.05, 4.69) is 5.32 Å². The van der Waals surface area contributed by atoms with E-state index in [4.69, 9.17) is 4.74 Å². The topological polar surface area (TPSA) is 55.4 Å². The van der Waals surface area contributed by atoms with Gasteiger partial charge in [0.1, 0.15) is 0 Å². The third-order valence-corrected chi connectivity index (χ3v) is 4.48. The van der Waals surface area contributed by atoms with Crippen LogP contribution in [0, 0.1) is 0 Å². The molecule has 4 nitrogen and oxygen atoms in total. The number of hydrogen-bond acceptors (Lipinski definition) is 3. The summed E-state index contributed by atoms with van der Waals surface area (Å²) in [5, 5.41) is 4.98. The third kappa shape index (κ3) is 2.66. The van der Waals surface area contributed by atoms with E-state index in [0.717, 1.165) is 39.6 Å². The Morgan fingerprint density at radius 2 is 1.84 bits per heavy atom. The molecule has 4 rings (SSSR count). The summed E-state index contributed by atoms with van der Waals surface area (Å²) in [7, 11) is 0. The molecule has 3 aromatic rings. The summed E-state index contributed by atoms with van der Waals surface area (Å²) in [6.45, 7) is 2.16. The lowest BCUT2D eigenvalue weighted by Crippen LogP contribution is -2.04. The number of carbonyl (C=O) groups excluding carboxylic acids is 2. The van der Waals surface area contributed by atoms with Gasteiger partial charge in [0.25, 0.3) is 5.91 Å². The van der Waals surface area contributed by atoms with Crippen molar-refractivity contribution in [1.82, 2.24) is 0 Å². The minimum absolute atomic E-state index is 0.0449. The van der Waals surface area contributed by atoms with Crippen molar-refractivity contribution in [2.75, 3.05) is 11.9 Å². The van der Waals surface area contributed by atoms with Crippen LogP contribution < -0.4 is 5.32 Å². The quantitative estimate of drug-likeness (QED) is 0.730. The number of carbonyl (C=O) groups is 2. The molecule has 0 aromatic heterocycles. The molecule has 0 spiro atoms. The van der Waals surface area contributed by atoms with E-state index in [1.54, 1.807) is 19.1 Å². The Morgan fingerprint density at radius 3 is 2.60 bits per heavy atom. The smallest absolute Gasteiger partial charge is 0.338 e. The molecule has 0 bridgehead atoms. The Balaban J connectivity index is 1.67. The molecule has 0 saturated carbocycles. The number of esters is 1. The second-order valence-corrected chi connectivity index (χ2v) is 6.05. The summed E-state index contributed by atoms with van der Waals surface area (Å²) in [4.78, 5) is 23.8. The maximum Gasteiger partial charge on any atom is 0.338 e. The first kappa shape index (κ1) is 15.4. The summed E-state index contributed by atoms with van der Waals surface area (Å²) in [6.07, 6.45) is 0.734. The van der Waals surface area contributed by atoms with E-state index in [1.807, 2.05) is 42.5 Å². The largest absolute Gasteiger partial charge is 0.462 e. The normalized spacial score (nSPS) is 12.3. The molecule has 0 aliphatic carbocycles. The van der Waals surface area contributed by atoms with E-state index in [-0.39, 0.29) is 11.9 Å². The van der Waals surface area contributed by atoms with Crippen LogP contribution in [0.3, 0.4) is 0 Å². The number of rotatable bonds is 4. The van der Waals surface area contributed by atoms with Gasteiger partial charge in [0, 0.05) is 16.6 Å². The lowest BCUT2D eigenvalue weighted by atomic mass is 9.95. The van der Waals surface area contributed by atoms with Gasteiger partial charge in [-0.15, -0.1) is 0 Å². The molecule has 0 saturated heterocycles.